The van der Waals surface area contributed by atoms with Gasteiger partial charge in [-0.2, -0.15) is 0 Å². The van der Waals surface area contributed by atoms with E-state index in [0.717, 1.165) is 43.6 Å². The standard InChI is InChI=1S/C15H22N2O2/c1-12(2)16-7-9-17(10-8-16)15(19)14-5-3-13(11-18)4-6-14/h3,5,11-12H,4,6-10H2,1-2H3. The summed E-state index contributed by atoms with van der Waals surface area (Å²) in [5.74, 6) is 0.143. The summed E-state index contributed by atoms with van der Waals surface area (Å²) >= 11 is 0. The highest BCUT2D eigenvalue weighted by molar-refractivity contribution is 5.94. The molecule has 1 fully saturated rings. The van der Waals surface area contributed by atoms with Crippen molar-refractivity contribution < 1.29 is 9.59 Å². The summed E-state index contributed by atoms with van der Waals surface area (Å²) in [6, 6.07) is 0.546. The van der Waals surface area contributed by atoms with Gasteiger partial charge < -0.3 is 4.90 Å². The highest BCUT2D eigenvalue weighted by Crippen LogP contribution is 2.20. The van der Waals surface area contributed by atoms with Crippen molar-refractivity contribution in [3.8, 4) is 0 Å². The molecule has 0 N–H and O–H groups in total. The smallest absolute Gasteiger partial charge is 0.249 e. The van der Waals surface area contributed by atoms with E-state index < -0.39 is 0 Å². The van der Waals surface area contributed by atoms with Gasteiger partial charge in [0.15, 0.2) is 0 Å². The number of amides is 1. The zero-order valence-electron chi connectivity index (χ0n) is 11.8. The lowest BCUT2D eigenvalue weighted by Gasteiger charge is -2.37. The molecule has 4 nitrogen and oxygen atoms in total. The first-order valence-corrected chi connectivity index (χ1v) is 7.00. The number of aldehydes is 1. The molecule has 0 radical (unpaired) electrons. The number of nitrogens with zero attached hydrogens (tertiary/aromatic N) is 2. The Hall–Kier alpha value is -1.42. The number of carbonyl (C=O) groups excluding carboxylic acids is 2. The van der Waals surface area contributed by atoms with Gasteiger partial charge in [-0.3, -0.25) is 14.5 Å². The predicted molar refractivity (Wildman–Crippen MR) is 74.8 cm³/mol. The monoisotopic (exact) mass is 262 g/mol. The minimum Gasteiger partial charge on any atom is -0.336 e. The molecule has 1 heterocycles. The maximum absolute atomic E-state index is 12.3. The van der Waals surface area contributed by atoms with Gasteiger partial charge >= 0.3 is 0 Å². The van der Waals surface area contributed by atoms with Crippen LogP contribution in [-0.4, -0.2) is 54.2 Å². The Bertz CT molecular complexity index is 416. The van der Waals surface area contributed by atoms with Gasteiger partial charge in [-0.1, -0.05) is 12.2 Å². The summed E-state index contributed by atoms with van der Waals surface area (Å²) < 4.78 is 0. The van der Waals surface area contributed by atoms with Crippen LogP contribution >= 0.6 is 0 Å². The summed E-state index contributed by atoms with van der Waals surface area (Å²) in [6.07, 6.45) is 5.83. The molecule has 2 rings (SSSR count). The van der Waals surface area contributed by atoms with E-state index in [1.165, 1.54) is 0 Å². The van der Waals surface area contributed by atoms with Crippen molar-refractivity contribution in [1.29, 1.82) is 0 Å². The molecule has 1 saturated heterocycles. The topological polar surface area (TPSA) is 40.6 Å². The Morgan fingerprint density at radius 3 is 2.32 bits per heavy atom. The Balaban J connectivity index is 1.93. The van der Waals surface area contributed by atoms with Crippen molar-refractivity contribution in [2.75, 3.05) is 26.2 Å². The second-order valence-electron chi connectivity index (χ2n) is 5.47. The first kappa shape index (κ1) is 14.0. The Morgan fingerprint density at radius 1 is 1.16 bits per heavy atom. The molecule has 104 valence electrons. The molecule has 0 bridgehead atoms. The van der Waals surface area contributed by atoms with Crippen LogP contribution in [0.4, 0.5) is 0 Å². The normalized spacial score (nSPS) is 21.1. The van der Waals surface area contributed by atoms with E-state index in [1.807, 2.05) is 11.0 Å². The first-order valence-electron chi connectivity index (χ1n) is 7.00. The van der Waals surface area contributed by atoms with Crippen molar-refractivity contribution in [2.24, 2.45) is 0 Å². The molecule has 0 aromatic carbocycles. The fraction of sp³-hybridized carbons (Fsp3) is 0.600. The number of allylic oxidation sites excluding steroid dienone is 3. The number of carbonyl (C=O) groups is 2. The lowest BCUT2D eigenvalue weighted by molar-refractivity contribution is -0.129. The summed E-state index contributed by atoms with van der Waals surface area (Å²) in [7, 11) is 0. The predicted octanol–water partition coefficient (Wildman–Crippen LogP) is 1.38. The molecule has 1 aliphatic heterocycles. The average Bonchev–Trinajstić information content (AvgIpc) is 2.46. The minimum absolute atomic E-state index is 0.143. The van der Waals surface area contributed by atoms with Gasteiger partial charge in [-0.25, -0.2) is 0 Å². The summed E-state index contributed by atoms with van der Waals surface area (Å²) in [5.41, 5.74) is 1.62. The van der Waals surface area contributed by atoms with E-state index in [2.05, 4.69) is 18.7 Å². The van der Waals surface area contributed by atoms with Crippen LogP contribution < -0.4 is 0 Å². The summed E-state index contributed by atoms with van der Waals surface area (Å²) in [4.78, 5) is 27.3. The third-order valence-corrected chi connectivity index (χ3v) is 3.94. The number of hydrogen-bond donors (Lipinski definition) is 0. The van der Waals surface area contributed by atoms with Crippen molar-refractivity contribution >= 4 is 12.2 Å². The quantitative estimate of drug-likeness (QED) is 0.722. The summed E-state index contributed by atoms with van der Waals surface area (Å²) in [5, 5.41) is 0. The Morgan fingerprint density at radius 2 is 1.84 bits per heavy atom. The molecule has 0 saturated carbocycles. The van der Waals surface area contributed by atoms with Crippen LogP contribution in [0.25, 0.3) is 0 Å². The molecular formula is C15H22N2O2. The fourth-order valence-electron chi connectivity index (χ4n) is 2.57. The molecule has 19 heavy (non-hydrogen) atoms. The minimum atomic E-state index is 0.143. The van der Waals surface area contributed by atoms with Gasteiger partial charge in [0.25, 0.3) is 0 Å². The number of hydrogen-bond acceptors (Lipinski definition) is 3. The molecule has 0 unspecified atom stereocenters. The van der Waals surface area contributed by atoms with Crippen molar-refractivity contribution in [3.63, 3.8) is 0 Å². The van der Waals surface area contributed by atoms with Gasteiger partial charge in [-0.05, 0) is 32.3 Å². The molecule has 2 aliphatic rings. The average molecular weight is 262 g/mol. The third kappa shape index (κ3) is 3.32. The van der Waals surface area contributed by atoms with Crippen molar-refractivity contribution in [3.05, 3.63) is 23.3 Å². The molecular weight excluding hydrogens is 240 g/mol. The number of piperazine rings is 1. The van der Waals surface area contributed by atoms with Crippen LogP contribution in [0.1, 0.15) is 26.7 Å². The maximum atomic E-state index is 12.3. The largest absolute Gasteiger partial charge is 0.336 e. The van der Waals surface area contributed by atoms with E-state index in [4.69, 9.17) is 0 Å². The SMILES string of the molecule is CC(C)N1CCN(C(=O)C2=CC=C(C=O)CC2)CC1. The van der Waals surface area contributed by atoms with Crippen molar-refractivity contribution in [1.82, 2.24) is 9.80 Å². The van der Waals surface area contributed by atoms with Gasteiger partial charge in [0.1, 0.15) is 6.29 Å². The van der Waals surface area contributed by atoms with E-state index in [-0.39, 0.29) is 5.91 Å². The van der Waals surface area contributed by atoms with Crippen LogP contribution in [-0.2, 0) is 9.59 Å². The van der Waals surface area contributed by atoms with E-state index in [0.29, 0.717) is 18.9 Å². The molecule has 1 aliphatic carbocycles. The summed E-state index contributed by atoms with van der Waals surface area (Å²) in [6.45, 7) is 7.88. The van der Waals surface area contributed by atoms with Gasteiger partial charge in [0, 0.05) is 37.8 Å². The second-order valence-corrected chi connectivity index (χ2v) is 5.47. The van der Waals surface area contributed by atoms with Crippen LogP contribution in [0.2, 0.25) is 0 Å². The van der Waals surface area contributed by atoms with Gasteiger partial charge in [0.2, 0.25) is 5.91 Å². The Labute approximate surface area is 114 Å². The molecule has 0 spiro atoms. The van der Waals surface area contributed by atoms with Gasteiger partial charge in [-0.15, -0.1) is 0 Å². The zero-order chi connectivity index (χ0) is 13.8. The van der Waals surface area contributed by atoms with E-state index >= 15 is 0 Å². The van der Waals surface area contributed by atoms with Crippen LogP contribution in [0.5, 0.6) is 0 Å². The van der Waals surface area contributed by atoms with E-state index in [1.54, 1.807) is 6.08 Å². The fourth-order valence-corrected chi connectivity index (χ4v) is 2.57. The molecule has 0 aromatic heterocycles. The van der Waals surface area contributed by atoms with Crippen LogP contribution in [0.3, 0.4) is 0 Å². The molecule has 1 amide bonds. The van der Waals surface area contributed by atoms with Crippen molar-refractivity contribution in [2.45, 2.75) is 32.7 Å². The molecule has 0 aromatic rings. The third-order valence-electron chi connectivity index (χ3n) is 3.94. The van der Waals surface area contributed by atoms with Gasteiger partial charge in [0.05, 0.1) is 0 Å². The first-order chi connectivity index (χ1) is 9.11. The molecule has 0 atom stereocenters. The second kappa shape index (κ2) is 6.15. The zero-order valence-corrected chi connectivity index (χ0v) is 11.8. The lowest BCUT2D eigenvalue weighted by atomic mass is 9.98. The lowest BCUT2D eigenvalue weighted by Crippen LogP contribution is -2.51. The van der Waals surface area contributed by atoms with E-state index in [9.17, 15) is 9.59 Å². The molecule has 4 heteroatoms. The Kier molecular flexibility index (Phi) is 4.53. The van der Waals surface area contributed by atoms with Crippen LogP contribution in [0, 0.1) is 0 Å². The highest BCUT2D eigenvalue weighted by atomic mass is 16.2. The highest BCUT2D eigenvalue weighted by Gasteiger charge is 2.24. The maximum Gasteiger partial charge on any atom is 0.249 e. The number of rotatable bonds is 3. The van der Waals surface area contributed by atoms with Crippen LogP contribution in [0.15, 0.2) is 23.3 Å².